The fourth-order valence-electron chi connectivity index (χ4n) is 9.37. The molecule has 6 aromatic carbocycles. The van der Waals surface area contributed by atoms with Crippen LogP contribution < -0.4 is 0 Å². The van der Waals surface area contributed by atoms with Gasteiger partial charge in [0.05, 0.1) is 0 Å². The third-order valence-electron chi connectivity index (χ3n) is 12.0. The fourth-order valence-corrected chi connectivity index (χ4v) is 26.1. The molecule has 0 nitrogen and oxygen atoms in total. The Morgan fingerprint density at radius 2 is 1.06 bits per heavy atom. The van der Waals surface area contributed by atoms with Crippen LogP contribution in [-0.2, 0) is 28.2 Å². The molecule has 0 aromatic heterocycles. The van der Waals surface area contributed by atoms with Gasteiger partial charge in [-0.15, -0.1) is 24.8 Å². The molecule has 1 atom stereocenters. The number of halogens is 2. The molecule has 0 fully saturated rings. The van der Waals surface area contributed by atoms with Crippen LogP contribution in [0.15, 0.2) is 115 Å². The van der Waals surface area contributed by atoms with Gasteiger partial charge in [0.2, 0.25) is 0 Å². The van der Waals surface area contributed by atoms with E-state index in [4.69, 9.17) is 0 Å². The zero-order valence-electron chi connectivity index (χ0n) is 31.6. The quantitative estimate of drug-likeness (QED) is 0.123. The van der Waals surface area contributed by atoms with E-state index >= 15 is 0 Å². The second-order valence-corrected chi connectivity index (χ2v) is 48.8. The van der Waals surface area contributed by atoms with Gasteiger partial charge in [-0.3, -0.25) is 0 Å². The summed E-state index contributed by atoms with van der Waals surface area (Å²) < 4.78 is 6.44. The Hall–Kier alpha value is -2.74. The second-order valence-electron chi connectivity index (χ2n) is 18.3. The number of allylic oxidation sites excluding steroid dienone is 2. The fraction of sp³-hybridized carbons (Fsp3) is 0.277. The first-order chi connectivity index (χ1) is 23.0. The van der Waals surface area contributed by atoms with E-state index in [-0.39, 0.29) is 35.6 Å². The molecule has 2 aliphatic rings. The number of benzene rings is 6. The molecule has 0 spiro atoms. The van der Waals surface area contributed by atoms with Crippen molar-refractivity contribution in [2.45, 2.75) is 75.8 Å². The van der Waals surface area contributed by atoms with Crippen molar-refractivity contribution in [1.29, 1.82) is 0 Å². The van der Waals surface area contributed by atoms with E-state index in [9.17, 15) is 0 Å². The normalized spacial score (nSPS) is 15.9. The van der Waals surface area contributed by atoms with Crippen LogP contribution in [0, 0.1) is 0 Å². The first-order valence-electron chi connectivity index (χ1n) is 18.1. The van der Waals surface area contributed by atoms with Gasteiger partial charge in [-0.2, -0.15) is 0 Å². The number of hydrogen-bond donors (Lipinski definition) is 0. The molecule has 0 aliphatic heterocycles. The Morgan fingerprint density at radius 1 is 0.529 bits per heavy atom. The molecule has 0 amide bonds. The van der Waals surface area contributed by atoms with E-state index in [0.717, 1.165) is 0 Å². The van der Waals surface area contributed by atoms with E-state index in [1.807, 2.05) is 0 Å². The van der Waals surface area contributed by atoms with Crippen LogP contribution >= 0.6 is 24.8 Å². The SMILES string of the molecule is CC1=C[CH]([Zr]([CH3])([CH3])(=[SiH2])[CH]2c3cc(C(C)(C)C)ccc3-c3ccc(C(C)(C)C)cc32)c2cccc(-c3cc4ccccc4c4ccccc34)c21.Cl.Cl. The van der Waals surface area contributed by atoms with Crippen LogP contribution in [0.1, 0.15) is 89.1 Å². The Morgan fingerprint density at radius 3 is 1.63 bits per heavy atom. The molecule has 0 heterocycles. The summed E-state index contributed by atoms with van der Waals surface area (Å²) in [6, 6.07) is 42.4. The molecule has 0 saturated heterocycles. The number of rotatable bonds is 3. The Balaban J connectivity index is 0.00000224. The summed E-state index contributed by atoms with van der Waals surface area (Å²) in [6.07, 6.45) is 2.70. The van der Waals surface area contributed by atoms with E-state index in [1.165, 1.54) is 66.1 Å². The van der Waals surface area contributed by atoms with E-state index < -0.39 is 17.4 Å². The van der Waals surface area contributed by atoms with Crippen LogP contribution in [0.3, 0.4) is 0 Å². The minimum Gasteiger partial charge on any atom is -0.147 e. The van der Waals surface area contributed by atoms with Gasteiger partial charge in [0.15, 0.2) is 0 Å². The molecular formula is C47H52Cl2SiZr. The molecule has 6 aromatic rings. The van der Waals surface area contributed by atoms with Gasteiger partial charge in [0.25, 0.3) is 0 Å². The van der Waals surface area contributed by atoms with Crippen molar-refractivity contribution in [2.24, 2.45) is 0 Å². The molecule has 262 valence electrons. The molecule has 51 heavy (non-hydrogen) atoms. The van der Waals surface area contributed by atoms with Crippen molar-refractivity contribution >= 4 is 58.8 Å². The number of hydrogen-bond acceptors (Lipinski definition) is 0. The number of fused-ring (bicyclic) bond motifs is 7. The van der Waals surface area contributed by atoms with Crippen molar-refractivity contribution in [1.82, 2.24) is 0 Å². The average Bonchev–Trinajstić information content (AvgIpc) is 3.59. The molecule has 8 rings (SSSR count). The summed E-state index contributed by atoms with van der Waals surface area (Å²) in [5, 5.41) is 5.31. The molecule has 4 heteroatoms. The van der Waals surface area contributed by atoms with E-state index in [2.05, 4.69) is 180 Å². The smallest absolute Gasteiger partial charge is 0.147 e. The van der Waals surface area contributed by atoms with Crippen molar-refractivity contribution in [3.8, 4) is 22.3 Å². The summed E-state index contributed by atoms with van der Waals surface area (Å²) >= 11 is -3.81. The third-order valence-corrected chi connectivity index (χ3v) is 29.4. The van der Waals surface area contributed by atoms with Gasteiger partial charge in [0.1, 0.15) is 0 Å². The van der Waals surface area contributed by atoms with E-state index in [0.29, 0.717) is 7.25 Å². The summed E-state index contributed by atoms with van der Waals surface area (Å²) in [7, 11) is 0. The van der Waals surface area contributed by atoms with Gasteiger partial charge < -0.3 is 0 Å². The standard InChI is InChI=1S/C24H17.C21H25.2CH3.2ClH.H2Si.Zr/c1-16-13-14-17-8-6-12-22(24(16)17)23-15-18-7-2-3-9-19(18)20-10-4-5-11-21(20)23;1-20(2,3)16-7-9-18-14(12-16)11-15-13-17(21(4,5)6)8-10-19(15)18;;;;;;/h2-15H,1H3;7-13H,1-6H3;2*1H3;2*1H;1H2;. The summed E-state index contributed by atoms with van der Waals surface area (Å²) in [6.45, 7) is 19.0. The van der Waals surface area contributed by atoms with E-state index in [1.54, 1.807) is 16.7 Å². The van der Waals surface area contributed by atoms with Crippen LogP contribution in [0.25, 0.3) is 49.4 Å². The molecule has 2 aliphatic carbocycles. The van der Waals surface area contributed by atoms with Gasteiger partial charge in [-0.1, -0.05) is 0 Å². The maximum atomic E-state index is 2.78. The van der Waals surface area contributed by atoms with Crippen molar-refractivity contribution in [2.75, 3.05) is 0 Å². The maximum Gasteiger partial charge on any atom is -0.147 e. The van der Waals surface area contributed by atoms with Crippen LogP contribution in [-0.4, -0.2) is 6.88 Å². The minimum atomic E-state index is -3.81. The Bertz CT molecular complexity index is 2400. The zero-order chi connectivity index (χ0) is 34.7. The largest absolute Gasteiger partial charge is 0.147 e. The molecule has 0 saturated carbocycles. The molecule has 0 bridgehead atoms. The molecular weight excluding hydrogens is 755 g/mol. The Kier molecular flexibility index (Phi) is 9.46. The van der Waals surface area contributed by atoms with Gasteiger partial charge in [0, 0.05) is 0 Å². The summed E-state index contributed by atoms with van der Waals surface area (Å²) in [5.74, 6) is 0. The van der Waals surface area contributed by atoms with Gasteiger partial charge in [-0.05, 0) is 0 Å². The first-order valence-corrected chi connectivity index (χ1v) is 31.8. The predicted octanol–water partition coefficient (Wildman–Crippen LogP) is 13.7. The van der Waals surface area contributed by atoms with Crippen LogP contribution in [0.2, 0.25) is 9.26 Å². The van der Waals surface area contributed by atoms with Crippen molar-refractivity contribution < 1.29 is 17.4 Å². The van der Waals surface area contributed by atoms with Gasteiger partial charge >= 0.3 is 298 Å². The monoisotopic (exact) mass is 804 g/mol. The predicted molar refractivity (Wildman–Crippen MR) is 229 cm³/mol. The summed E-state index contributed by atoms with van der Waals surface area (Å²) in [4.78, 5) is 0. The Labute approximate surface area is 320 Å². The minimum absolute atomic E-state index is 0. The average molecular weight is 807 g/mol. The zero-order valence-corrected chi connectivity index (χ0v) is 37.2. The molecule has 0 radical (unpaired) electrons. The molecule has 1 unspecified atom stereocenters. The van der Waals surface area contributed by atoms with Gasteiger partial charge in [-0.25, -0.2) is 0 Å². The van der Waals surface area contributed by atoms with Crippen molar-refractivity contribution in [3.63, 3.8) is 0 Å². The van der Waals surface area contributed by atoms with Crippen LogP contribution in [0.4, 0.5) is 0 Å². The van der Waals surface area contributed by atoms with Crippen LogP contribution in [0.5, 0.6) is 0 Å². The van der Waals surface area contributed by atoms with Crippen molar-refractivity contribution in [3.05, 3.63) is 149 Å². The summed E-state index contributed by atoms with van der Waals surface area (Å²) in [5.41, 5.74) is 16.3. The second kappa shape index (κ2) is 12.7. The maximum absolute atomic E-state index is 3.81. The topological polar surface area (TPSA) is 0 Å². The molecule has 0 N–H and O–H groups in total. The third kappa shape index (κ3) is 5.98. The first kappa shape index (κ1) is 38.0.